The van der Waals surface area contributed by atoms with Crippen molar-refractivity contribution in [3.63, 3.8) is 0 Å². The summed E-state index contributed by atoms with van der Waals surface area (Å²) in [6, 6.07) is 7.76. The number of rotatable bonds is 7. The third-order valence-corrected chi connectivity index (χ3v) is 8.85. The second-order valence-electron chi connectivity index (χ2n) is 9.75. The Balaban J connectivity index is 1.64. The first-order valence-corrected chi connectivity index (χ1v) is 13.1. The first-order chi connectivity index (χ1) is 15.2. The molecule has 0 saturated carbocycles. The highest BCUT2D eigenvalue weighted by molar-refractivity contribution is 7.91. The van der Waals surface area contributed by atoms with E-state index in [1.807, 2.05) is 44.2 Å². The van der Waals surface area contributed by atoms with Crippen LogP contribution in [0, 0.1) is 12.8 Å². The maximum Gasteiger partial charge on any atom is 0.248 e. The molecule has 0 bridgehead atoms. The van der Waals surface area contributed by atoms with Crippen molar-refractivity contribution in [2.24, 2.45) is 5.92 Å². The van der Waals surface area contributed by atoms with Gasteiger partial charge in [0.15, 0.2) is 6.29 Å². The van der Waals surface area contributed by atoms with Gasteiger partial charge in [0.05, 0.1) is 12.1 Å². The zero-order chi connectivity index (χ0) is 22.9. The number of aromatic nitrogens is 1. The summed E-state index contributed by atoms with van der Waals surface area (Å²) in [5.41, 5.74) is 3.88. The molecule has 0 N–H and O–H groups in total. The van der Waals surface area contributed by atoms with Crippen LogP contribution in [-0.4, -0.2) is 36.6 Å². The molecule has 4 rings (SSSR count). The molecule has 2 aliphatic rings. The van der Waals surface area contributed by atoms with E-state index in [0.29, 0.717) is 18.9 Å². The summed E-state index contributed by atoms with van der Waals surface area (Å²) in [6.07, 6.45) is 9.95. The quantitative estimate of drug-likeness (QED) is 0.533. The van der Waals surface area contributed by atoms with Gasteiger partial charge in [-0.1, -0.05) is 44.2 Å². The van der Waals surface area contributed by atoms with Gasteiger partial charge in [-0.15, -0.1) is 0 Å². The number of para-hydroxylation sites is 1. The normalized spacial score (nSPS) is 24.6. The summed E-state index contributed by atoms with van der Waals surface area (Å²) in [7, 11) is -3.66. The van der Waals surface area contributed by atoms with E-state index in [2.05, 4.69) is 19.9 Å². The van der Waals surface area contributed by atoms with Crippen molar-refractivity contribution in [1.82, 2.24) is 3.97 Å². The van der Waals surface area contributed by atoms with E-state index in [4.69, 9.17) is 9.47 Å². The van der Waals surface area contributed by atoms with E-state index >= 15 is 0 Å². The minimum atomic E-state index is -3.66. The smallest absolute Gasteiger partial charge is 0.248 e. The molecular weight excluding hydrogens is 422 g/mol. The fraction of sp³-hybridized carbons (Fsp3) is 0.538. The predicted molar refractivity (Wildman–Crippen MR) is 129 cm³/mol. The Kier molecular flexibility index (Phi) is 6.66. The Morgan fingerprint density at radius 2 is 2.03 bits per heavy atom. The molecule has 1 aromatic carbocycles. The van der Waals surface area contributed by atoms with Gasteiger partial charge in [-0.3, -0.25) is 0 Å². The van der Waals surface area contributed by atoms with Crippen molar-refractivity contribution < 1.29 is 17.9 Å². The number of allylic oxidation sites excluding steroid dienone is 1. The van der Waals surface area contributed by atoms with Crippen LogP contribution in [0.4, 0.5) is 0 Å². The molecule has 2 atom stereocenters. The van der Waals surface area contributed by atoms with Crippen LogP contribution >= 0.6 is 0 Å². The van der Waals surface area contributed by atoms with Crippen LogP contribution in [0.25, 0.3) is 10.9 Å². The Bertz CT molecular complexity index is 1140. The molecule has 2 aromatic rings. The lowest BCUT2D eigenvalue weighted by molar-refractivity contribution is -0.156. The molecule has 6 heteroatoms. The van der Waals surface area contributed by atoms with Gasteiger partial charge >= 0.3 is 0 Å². The zero-order valence-corrected chi connectivity index (χ0v) is 20.5. The van der Waals surface area contributed by atoms with Gasteiger partial charge in [0, 0.05) is 18.2 Å². The largest absolute Gasteiger partial charge is 0.353 e. The summed E-state index contributed by atoms with van der Waals surface area (Å²) < 4.78 is 40.1. The number of benzene rings is 1. The highest BCUT2D eigenvalue weighted by Crippen LogP contribution is 2.38. The van der Waals surface area contributed by atoms with Crippen molar-refractivity contribution in [2.45, 2.75) is 70.8 Å². The van der Waals surface area contributed by atoms with Gasteiger partial charge in [0.2, 0.25) is 10.0 Å². The molecule has 174 valence electrons. The average Bonchev–Trinajstić information content (AvgIpc) is 3.20. The number of hydrogen-bond acceptors (Lipinski definition) is 4. The van der Waals surface area contributed by atoms with Crippen molar-refractivity contribution in [2.75, 3.05) is 13.2 Å². The summed E-state index contributed by atoms with van der Waals surface area (Å²) in [6.45, 7) is 9.33. The molecule has 0 amide bonds. The maximum atomic E-state index is 13.9. The minimum Gasteiger partial charge on any atom is -0.353 e. The lowest BCUT2D eigenvalue weighted by Crippen LogP contribution is -2.39. The second-order valence-corrected chi connectivity index (χ2v) is 12.0. The first-order valence-electron chi connectivity index (χ1n) is 11.7. The van der Waals surface area contributed by atoms with Gasteiger partial charge in [-0.2, -0.15) is 0 Å². The van der Waals surface area contributed by atoms with E-state index in [1.165, 1.54) is 3.97 Å². The van der Waals surface area contributed by atoms with Gasteiger partial charge in [0.1, 0.15) is 4.75 Å². The Morgan fingerprint density at radius 3 is 2.75 bits per heavy atom. The highest BCUT2D eigenvalue weighted by atomic mass is 32.2. The Hall–Kier alpha value is -1.89. The average molecular weight is 458 g/mol. The Morgan fingerprint density at radius 1 is 1.22 bits per heavy atom. The summed E-state index contributed by atoms with van der Waals surface area (Å²) in [5.74, 6) is 0.412. The zero-order valence-electron chi connectivity index (χ0n) is 19.6. The van der Waals surface area contributed by atoms with Crippen molar-refractivity contribution in [1.29, 1.82) is 0 Å². The van der Waals surface area contributed by atoms with E-state index in [0.717, 1.165) is 59.9 Å². The van der Waals surface area contributed by atoms with Crippen molar-refractivity contribution in [3.05, 3.63) is 59.3 Å². The van der Waals surface area contributed by atoms with E-state index < -0.39 is 14.8 Å². The lowest BCUT2D eigenvalue weighted by atomic mass is 9.86. The molecule has 0 spiro atoms. The van der Waals surface area contributed by atoms with Crippen LogP contribution in [0.1, 0.15) is 58.4 Å². The van der Waals surface area contributed by atoms with Crippen LogP contribution in [0.15, 0.2) is 53.8 Å². The maximum absolute atomic E-state index is 13.9. The third kappa shape index (κ3) is 4.45. The molecule has 1 aliphatic carbocycles. The van der Waals surface area contributed by atoms with Crippen LogP contribution in [0.5, 0.6) is 0 Å². The molecule has 32 heavy (non-hydrogen) atoms. The second kappa shape index (κ2) is 9.16. The minimum absolute atomic E-state index is 0.156. The van der Waals surface area contributed by atoms with Gasteiger partial charge in [-0.25, -0.2) is 12.4 Å². The van der Waals surface area contributed by atoms with E-state index in [-0.39, 0.29) is 6.29 Å². The summed E-state index contributed by atoms with van der Waals surface area (Å²) in [5, 5.41) is 0.941. The van der Waals surface area contributed by atoms with Gasteiger partial charge in [0.25, 0.3) is 0 Å². The van der Waals surface area contributed by atoms with Crippen LogP contribution in [-0.2, 0) is 19.5 Å². The standard InChI is InChI=1S/C26H35NO4S/c1-19(2)16-23-17-26(4,13-11-22(23)18-31-24-10-5-6-15-30-24)32(28,29)27-14-12-21-9-7-8-20(3)25(21)27/h7-9,11-12,14,17,19,24H,5-6,10,13,15-16,18H2,1-4H3. The number of fused-ring (bicyclic) bond motifs is 1. The number of hydrogen-bond donors (Lipinski definition) is 0. The lowest BCUT2D eigenvalue weighted by Gasteiger charge is -2.32. The summed E-state index contributed by atoms with van der Waals surface area (Å²) in [4.78, 5) is 0. The molecule has 2 heterocycles. The molecule has 5 nitrogen and oxygen atoms in total. The molecule has 1 saturated heterocycles. The van der Waals surface area contributed by atoms with Gasteiger partial charge in [-0.05, 0) is 74.6 Å². The monoisotopic (exact) mass is 457 g/mol. The SMILES string of the molecule is Cc1cccc2ccn(S(=O)(=O)C3(C)C=C(CC(C)C)C(COC4CCCCO4)=CC3)c12. The van der Waals surface area contributed by atoms with E-state index in [1.54, 1.807) is 6.20 Å². The highest BCUT2D eigenvalue weighted by Gasteiger charge is 2.41. The number of aryl methyl sites for hydroxylation is 1. The molecular formula is C26H35NO4S. The molecule has 0 radical (unpaired) electrons. The molecule has 1 aromatic heterocycles. The fourth-order valence-corrected chi connectivity index (χ4v) is 6.47. The molecule has 1 aliphatic heterocycles. The third-order valence-electron chi connectivity index (χ3n) is 6.56. The topological polar surface area (TPSA) is 57.5 Å². The number of ether oxygens (including phenoxy) is 2. The van der Waals surface area contributed by atoms with Crippen LogP contribution < -0.4 is 0 Å². The summed E-state index contributed by atoms with van der Waals surface area (Å²) >= 11 is 0. The van der Waals surface area contributed by atoms with E-state index in [9.17, 15) is 8.42 Å². The molecule has 1 fully saturated rings. The number of nitrogens with zero attached hydrogens (tertiary/aromatic N) is 1. The van der Waals surface area contributed by atoms with Crippen molar-refractivity contribution >= 4 is 20.9 Å². The van der Waals surface area contributed by atoms with Crippen LogP contribution in [0.2, 0.25) is 0 Å². The van der Waals surface area contributed by atoms with Crippen LogP contribution in [0.3, 0.4) is 0 Å². The van der Waals surface area contributed by atoms with Crippen molar-refractivity contribution in [3.8, 4) is 0 Å². The first kappa shape index (κ1) is 23.3. The fourth-order valence-electron chi connectivity index (χ4n) is 4.73. The molecule has 2 unspecified atom stereocenters. The van der Waals surface area contributed by atoms with Gasteiger partial charge < -0.3 is 9.47 Å². The Labute approximate surface area is 192 Å². The predicted octanol–water partition coefficient (Wildman–Crippen LogP) is 5.73.